The van der Waals surface area contributed by atoms with Gasteiger partial charge in [-0.15, -0.1) is 0 Å². The van der Waals surface area contributed by atoms with Crippen molar-refractivity contribution in [3.8, 4) is 0 Å². The highest BCUT2D eigenvalue weighted by Crippen LogP contribution is 2.16. The predicted molar refractivity (Wildman–Crippen MR) is 75.1 cm³/mol. The summed E-state index contributed by atoms with van der Waals surface area (Å²) in [7, 11) is 3.64. The number of hydrogen-bond donors (Lipinski definition) is 3. The molecule has 1 saturated heterocycles. The second-order valence-corrected chi connectivity index (χ2v) is 5.57. The molecule has 1 rings (SSSR count). The van der Waals surface area contributed by atoms with Gasteiger partial charge in [0.1, 0.15) is 6.04 Å². The minimum absolute atomic E-state index is 0.389. The molecule has 8 heteroatoms. The SMILES string of the molecule is CN1CCC(CN(C)C(=O)N[C@H](CC(=O)O)C(=O)O)CC1. The lowest BCUT2D eigenvalue weighted by molar-refractivity contribution is -0.145. The molecule has 0 aromatic carbocycles. The first-order chi connectivity index (χ1) is 9.79. The molecular weight excluding hydrogens is 278 g/mol. The molecule has 2 amide bonds. The summed E-state index contributed by atoms with van der Waals surface area (Å²) in [6.07, 6.45) is 1.35. The maximum atomic E-state index is 11.9. The van der Waals surface area contributed by atoms with E-state index >= 15 is 0 Å². The molecule has 1 fully saturated rings. The van der Waals surface area contributed by atoms with E-state index in [1.807, 2.05) is 0 Å². The smallest absolute Gasteiger partial charge is 0.326 e. The zero-order valence-electron chi connectivity index (χ0n) is 12.4. The van der Waals surface area contributed by atoms with Crippen molar-refractivity contribution < 1.29 is 24.6 Å². The molecule has 0 saturated carbocycles. The highest BCUT2D eigenvalue weighted by atomic mass is 16.4. The van der Waals surface area contributed by atoms with Crippen LogP contribution in [0, 0.1) is 5.92 Å². The number of hydrogen-bond acceptors (Lipinski definition) is 4. The molecule has 0 spiro atoms. The molecule has 0 aromatic heterocycles. The van der Waals surface area contributed by atoms with Gasteiger partial charge in [0.15, 0.2) is 0 Å². The van der Waals surface area contributed by atoms with Crippen molar-refractivity contribution in [2.75, 3.05) is 33.7 Å². The van der Waals surface area contributed by atoms with Crippen LogP contribution in [-0.2, 0) is 9.59 Å². The fraction of sp³-hybridized carbons (Fsp3) is 0.769. The average molecular weight is 301 g/mol. The van der Waals surface area contributed by atoms with Gasteiger partial charge in [-0.3, -0.25) is 4.79 Å². The Labute approximate surface area is 123 Å². The van der Waals surface area contributed by atoms with Crippen LogP contribution in [0.4, 0.5) is 4.79 Å². The number of likely N-dealkylation sites (tertiary alicyclic amines) is 1. The molecule has 0 aromatic rings. The molecule has 0 radical (unpaired) electrons. The standard InChI is InChI=1S/C13H23N3O5/c1-15-5-3-9(4-6-15)8-16(2)13(21)14-10(12(19)20)7-11(17)18/h9-10H,3-8H2,1-2H3,(H,14,21)(H,17,18)(H,19,20)/t10-/m1/s1. The topological polar surface area (TPSA) is 110 Å². The summed E-state index contributed by atoms with van der Waals surface area (Å²) in [4.78, 5) is 37.1. The van der Waals surface area contributed by atoms with Crippen molar-refractivity contribution in [1.29, 1.82) is 0 Å². The Bertz CT molecular complexity index is 393. The number of nitrogens with one attached hydrogen (secondary N) is 1. The van der Waals surface area contributed by atoms with E-state index in [-0.39, 0.29) is 0 Å². The lowest BCUT2D eigenvalue weighted by atomic mass is 9.97. The highest BCUT2D eigenvalue weighted by Gasteiger charge is 2.26. The summed E-state index contributed by atoms with van der Waals surface area (Å²) in [5.41, 5.74) is 0. The number of carboxylic acids is 2. The van der Waals surface area contributed by atoms with Crippen LogP contribution in [0.15, 0.2) is 0 Å². The quantitative estimate of drug-likeness (QED) is 0.632. The van der Waals surface area contributed by atoms with Crippen molar-refractivity contribution in [3.05, 3.63) is 0 Å². The number of rotatable bonds is 6. The van der Waals surface area contributed by atoms with Gasteiger partial charge in [-0.2, -0.15) is 0 Å². The molecule has 8 nitrogen and oxygen atoms in total. The van der Waals surface area contributed by atoms with Crippen LogP contribution < -0.4 is 5.32 Å². The zero-order valence-corrected chi connectivity index (χ0v) is 12.4. The summed E-state index contributed by atoms with van der Waals surface area (Å²) < 4.78 is 0. The number of urea groups is 1. The van der Waals surface area contributed by atoms with Crippen LogP contribution in [0.25, 0.3) is 0 Å². The number of carbonyl (C=O) groups is 3. The van der Waals surface area contributed by atoms with E-state index in [4.69, 9.17) is 10.2 Å². The molecule has 120 valence electrons. The van der Waals surface area contributed by atoms with Gasteiger partial charge in [-0.1, -0.05) is 0 Å². The number of piperidine rings is 1. The van der Waals surface area contributed by atoms with E-state index in [0.29, 0.717) is 12.5 Å². The van der Waals surface area contributed by atoms with Crippen molar-refractivity contribution in [2.45, 2.75) is 25.3 Å². The van der Waals surface area contributed by atoms with Crippen molar-refractivity contribution >= 4 is 18.0 Å². The summed E-state index contributed by atoms with van der Waals surface area (Å²) in [5, 5.41) is 19.8. The first kappa shape index (κ1) is 17.2. The second-order valence-electron chi connectivity index (χ2n) is 5.57. The van der Waals surface area contributed by atoms with Crippen LogP contribution >= 0.6 is 0 Å². The van der Waals surface area contributed by atoms with Gasteiger partial charge in [0.25, 0.3) is 0 Å². The first-order valence-corrected chi connectivity index (χ1v) is 6.94. The average Bonchev–Trinajstić information content (AvgIpc) is 2.39. The predicted octanol–water partition coefficient (Wildman–Crippen LogP) is -0.102. The van der Waals surface area contributed by atoms with Crippen LogP contribution in [0.3, 0.4) is 0 Å². The fourth-order valence-corrected chi connectivity index (χ4v) is 2.35. The minimum atomic E-state index is -1.41. The molecule has 1 aliphatic rings. The van der Waals surface area contributed by atoms with Crippen molar-refractivity contribution in [3.63, 3.8) is 0 Å². The van der Waals surface area contributed by atoms with E-state index in [1.54, 1.807) is 7.05 Å². The van der Waals surface area contributed by atoms with E-state index in [9.17, 15) is 14.4 Å². The van der Waals surface area contributed by atoms with Gasteiger partial charge in [-0.05, 0) is 38.9 Å². The van der Waals surface area contributed by atoms with Crippen molar-refractivity contribution in [1.82, 2.24) is 15.1 Å². The Kier molecular flexibility index (Phi) is 6.41. The van der Waals surface area contributed by atoms with Gasteiger partial charge in [0.05, 0.1) is 6.42 Å². The Morgan fingerprint density at radius 3 is 2.33 bits per heavy atom. The van der Waals surface area contributed by atoms with E-state index in [1.165, 1.54) is 4.90 Å². The van der Waals surface area contributed by atoms with Crippen LogP contribution in [0.1, 0.15) is 19.3 Å². The van der Waals surface area contributed by atoms with Crippen LogP contribution in [0.5, 0.6) is 0 Å². The van der Waals surface area contributed by atoms with E-state index in [2.05, 4.69) is 17.3 Å². The van der Waals surface area contributed by atoms with Crippen LogP contribution in [-0.4, -0.2) is 77.8 Å². The van der Waals surface area contributed by atoms with E-state index < -0.39 is 30.4 Å². The van der Waals surface area contributed by atoms with Gasteiger partial charge in [0.2, 0.25) is 0 Å². The lowest BCUT2D eigenvalue weighted by Gasteiger charge is -2.32. The molecule has 1 aliphatic heterocycles. The molecule has 0 aliphatic carbocycles. The summed E-state index contributed by atoms with van der Waals surface area (Å²) in [6.45, 7) is 2.51. The fourth-order valence-electron chi connectivity index (χ4n) is 2.35. The third-order valence-electron chi connectivity index (χ3n) is 3.69. The zero-order chi connectivity index (χ0) is 16.0. The lowest BCUT2D eigenvalue weighted by Crippen LogP contribution is -2.49. The van der Waals surface area contributed by atoms with Crippen molar-refractivity contribution in [2.24, 2.45) is 5.92 Å². The molecule has 1 atom stereocenters. The Hall–Kier alpha value is -1.83. The monoisotopic (exact) mass is 301 g/mol. The number of carbonyl (C=O) groups excluding carboxylic acids is 1. The largest absolute Gasteiger partial charge is 0.481 e. The molecule has 21 heavy (non-hydrogen) atoms. The summed E-state index contributed by atoms with van der Waals surface area (Å²) >= 11 is 0. The molecule has 0 unspecified atom stereocenters. The normalized spacial score (nSPS) is 18.0. The number of amides is 2. The Morgan fingerprint density at radius 2 is 1.86 bits per heavy atom. The number of carboxylic acid groups (broad SMARTS) is 2. The minimum Gasteiger partial charge on any atom is -0.481 e. The second kappa shape index (κ2) is 7.82. The number of nitrogens with zero attached hydrogens (tertiary/aromatic N) is 2. The van der Waals surface area contributed by atoms with Gasteiger partial charge < -0.3 is 25.3 Å². The highest BCUT2D eigenvalue weighted by molar-refractivity contribution is 5.86. The number of aliphatic carboxylic acids is 2. The van der Waals surface area contributed by atoms with Gasteiger partial charge in [0, 0.05) is 13.6 Å². The van der Waals surface area contributed by atoms with Gasteiger partial charge >= 0.3 is 18.0 Å². The third-order valence-corrected chi connectivity index (χ3v) is 3.69. The summed E-state index contributed by atoms with van der Waals surface area (Å²) in [6, 6.07) is -1.96. The van der Waals surface area contributed by atoms with E-state index in [0.717, 1.165) is 25.9 Å². The maximum Gasteiger partial charge on any atom is 0.326 e. The Morgan fingerprint density at radius 1 is 1.29 bits per heavy atom. The maximum absolute atomic E-state index is 11.9. The van der Waals surface area contributed by atoms with Gasteiger partial charge in [-0.25, -0.2) is 9.59 Å². The third kappa shape index (κ3) is 5.99. The Balaban J connectivity index is 2.45. The summed E-state index contributed by atoms with van der Waals surface area (Å²) in [5.74, 6) is -2.22. The van der Waals surface area contributed by atoms with Crippen LogP contribution in [0.2, 0.25) is 0 Å². The molecule has 3 N–H and O–H groups in total. The molecule has 1 heterocycles. The molecular formula is C13H23N3O5. The first-order valence-electron chi connectivity index (χ1n) is 6.94. The molecule has 0 bridgehead atoms.